The summed E-state index contributed by atoms with van der Waals surface area (Å²) in [5, 5.41) is 5.30. The Morgan fingerprint density at radius 3 is 2.51 bits per heavy atom. The van der Waals surface area contributed by atoms with E-state index in [-0.39, 0.29) is 17.4 Å². The average molecular weight is 566 g/mol. The molecule has 2 N–H and O–H groups in total. The first kappa shape index (κ1) is 27.7. The molecule has 0 aromatic heterocycles. The number of amides is 4. The van der Waals surface area contributed by atoms with Crippen LogP contribution in [0.2, 0.25) is 5.02 Å². The van der Waals surface area contributed by atoms with Crippen molar-refractivity contribution in [3.8, 4) is 11.5 Å². The van der Waals surface area contributed by atoms with Gasteiger partial charge in [-0.2, -0.15) is 0 Å². The second-order valence-electron chi connectivity index (χ2n) is 8.39. The van der Waals surface area contributed by atoms with Gasteiger partial charge in [0.25, 0.3) is 17.1 Å². The average Bonchev–Trinajstić information content (AvgIpc) is 3.16. The lowest BCUT2D eigenvalue weighted by Crippen LogP contribution is -2.36. The molecule has 0 aliphatic carbocycles. The number of anilines is 2. The van der Waals surface area contributed by atoms with E-state index in [4.69, 9.17) is 21.1 Å². The van der Waals surface area contributed by atoms with Crippen LogP contribution in [0.15, 0.2) is 71.6 Å². The number of rotatable bonds is 9. The van der Waals surface area contributed by atoms with E-state index in [1.165, 1.54) is 13.2 Å². The highest BCUT2D eigenvalue weighted by molar-refractivity contribution is 8.18. The Hall–Kier alpha value is -4.28. The predicted octanol–water partition coefficient (Wildman–Crippen LogP) is 5.35. The number of nitrogens with one attached hydrogen (secondary N) is 2. The van der Waals surface area contributed by atoms with Crippen molar-refractivity contribution in [1.82, 2.24) is 4.90 Å². The molecule has 1 aliphatic heterocycles. The molecule has 0 spiro atoms. The molecule has 4 rings (SSSR count). The predicted molar refractivity (Wildman–Crippen MR) is 151 cm³/mol. The minimum absolute atomic E-state index is 0.156. The Labute approximate surface area is 234 Å². The number of methoxy groups -OCH3 is 1. The van der Waals surface area contributed by atoms with Crippen molar-refractivity contribution in [3.05, 3.63) is 87.8 Å². The van der Waals surface area contributed by atoms with E-state index < -0.39 is 23.6 Å². The van der Waals surface area contributed by atoms with Gasteiger partial charge in [0, 0.05) is 16.4 Å². The fourth-order valence-electron chi connectivity index (χ4n) is 3.63. The molecule has 0 unspecified atom stereocenters. The molecule has 11 heteroatoms. The number of hydrogen-bond donors (Lipinski definition) is 2. The van der Waals surface area contributed by atoms with Crippen molar-refractivity contribution in [1.29, 1.82) is 0 Å². The van der Waals surface area contributed by atoms with Crippen molar-refractivity contribution < 1.29 is 28.7 Å². The summed E-state index contributed by atoms with van der Waals surface area (Å²) in [6.07, 6.45) is 1.52. The zero-order chi connectivity index (χ0) is 27.9. The Balaban J connectivity index is 1.38. The molecule has 9 nitrogen and oxygen atoms in total. The number of imide groups is 1. The van der Waals surface area contributed by atoms with Crippen LogP contribution in [-0.2, 0) is 14.4 Å². The first-order valence-electron chi connectivity index (χ1n) is 11.7. The maximum absolute atomic E-state index is 12.8. The molecule has 1 aliphatic rings. The van der Waals surface area contributed by atoms with Gasteiger partial charge in [-0.1, -0.05) is 41.9 Å². The summed E-state index contributed by atoms with van der Waals surface area (Å²) < 4.78 is 11.0. The topological polar surface area (TPSA) is 114 Å². The SMILES string of the molecule is COc1cc(/C=C2\SC(=O)N(CC(=O)Nc3cccc(Cl)c3)C2=O)ccc1OCC(=O)Nc1ccccc1C. The van der Waals surface area contributed by atoms with Gasteiger partial charge in [-0.25, -0.2) is 0 Å². The number of halogens is 1. The first-order valence-corrected chi connectivity index (χ1v) is 12.9. The molecule has 200 valence electrons. The van der Waals surface area contributed by atoms with Gasteiger partial charge in [-0.3, -0.25) is 24.1 Å². The summed E-state index contributed by atoms with van der Waals surface area (Å²) >= 11 is 6.66. The van der Waals surface area contributed by atoms with Crippen LogP contribution >= 0.6 is 23.4 Å². The van der Waals surface area contributed by atoms with E-state index in [2.05, 4.69) is 10.6 Å². The van der Waals surface area contributed by atoms with Gasteiger partial charge in [-0.15, -0.1) is 0 Å². The molecule has 0 bridgehead atoms. The Kier molecular flexibility index (Phi) is 8.90. The molecular formula is C28H24ClN3O6S. The molecule has 3 aromatic carbocycles. The Bertz CT molecular complexity index is 1480. The molecule has 4 amide bonds. The molecule has 1 fully saturated rings. The molecule has 0 atom stereocenters. The van der Waals surface area contributed by atoms with E-state index in [0.29, 0.717) is 33.5 Å². The Morgan fingerprint density at radius 2 is 1.77 bits per heavy atom. The van der Waals surface area contributed by atoms with Gasteiger partial charge >= 0.3 is 0 Å². The van der Waals surface area contributed by atoms with Gasteiger partial charge in [-0.05, 0) is 72.3 Å². The molecule has 0 radical (unpaired) electrons. The molecule has 0 saturated carbocycles. The maximum atomic E-state index is 12.8. The van der Waals surface area contributed by atoms with Crippen LogP contribution in [0.25, 0.3) is 6.08 Å². The number of para-hydroxylation sites is 1. The molecule has 3 aromatic rings. The number of carbonyl (C=O) groups excluding carboxylic acids is 4. The van der Waals surface area contributed by atoms with E-state index in [9.17, 15) is 19.2 Å². The second-order valence-corrected chi connectivity index (χ2v) is 9.82. The standard InChI is InChI=1S/C28H24ClN3O6S/c1-17-6-3-4-9-21(17)31-26(34)16-38-22-11-10-18(12-23(22)37-2)13-24-27(35)32(28(36)39-24)15-25(33)30-20-8-5-7-19(29)14-20/h3-14H,15-16H2,1-2H3,(H,30,33)(H,31,34)/b24-13-. The summed E-state index contributed by atoms with van der Waals surface area (Å²) in [5.41, 5.74) is 2.65. The number of thioether (sulfide) groups is 1. The van der Waals surface area contributed by atoms with Crippen molar-refractivity contribution in [2.24, 2.45) is 0 Å². The highest BCUT2D eigenvalue weighted by atomic mass is 35.5. The number of aryl methyl sites for hydroxylation is 1. The smallest absolute Gasteiger partial charge is 0.294 e. The molecule has 1 saturated heterocycles. The minimum atomic E-state index is -0.585. The van der Waals surface area contributed by atoms with Crippen molar-refractivity contribution in [2.75, 3.05) is 30.9 Å². The summed E-state index contributed by atoms with van der Waals surface area (Å²) in [4.78, 5) is 51.1. The zero-order valence-corrected chi connectivity index (χ0v) is 22.6. The maximum Gasteiger partial charge on any atom is 0.294 e. The normalized spacial score (nSPS) is 13.9. The van der Waals surface area contributed by atoms with Gasteiger partial charge in [0.05, 0.1) is 12.0 Å². The van der Waals surface area contributed by atoms with Crippen molar-refractivity contribution in [2.45, 2.75) is 6.92 Å². The first-order chi connectivity index (χ1) is 18.7. The monoisotopic (exact) mass is 565 g/mol. The molecule has 39 heavy (non-hydrogen) atoms. The minimum Gasteiger partial charge on any atom is -0.493 e. The molecule has 1 heterocycles. The fraction of sp³-hybridized carbons (Fsp3) is 0.143. The van der Waals surface area contributed by atoms with Gasteiger partial charge in [0.2, 0.25) is 5.91 Å². The lowest BCUT2D eigenvalue weighted by Gasteiger charge is -2.13. The van der Waals surface area contributed by atoms with Gasteiger partial charge in [0.15, 0.2) is 18.1 Å². The lowest BCUT2D eigenvalue weighted by atomic mass is 10.2. The third-order valence-electron chi connectivity index (χ3n) is 5.55. The summed E-state index contributed by atoms with van der Waals surface area (Å²) in [5.74, 6) is -0.773. The van der Waals surface area contributed by atoms with Crippen LogP contribution in [0.5, 0.6) is 11.5 Å². The number of nitrogens with zero attached hydrogens (tertiary/aromatic N) is 1. The quantitative estimate of drug-likeness (QED) is 0.336. The van der Waals surface area contributed by atoms with Crippen molar-refractivity contribution >= 4 is 63.8 Å². The number of benzene rings is 3. The highest BCUT2D eigenvalue weighted by Gasteiger charge is 2.36. The number of hydrogen-bond acceptors (Lipinski definition) is 7. The number of ether oxygens (including phenoxy) is 2. The summed E-state index contributed by atoms with van der Waals surface area (Å²) in [6, 6.07) is 18.8. The third-order valence-corrected chi connectivity index (χ3v) is 6.69. The van der Waals surface area contributed by atoms with Crippen LogP contribution in [-0.4, -0.2) is 48.1 Å². The van der Waals surface area contributed by atoms with E-state index in [1.807, 2.05) is 25.1 Å². The van der Waals surface area contributed by atoms with Crippen molar-refractivity contribution in [3.63, 3.8) is 0 Å². The number of carbonyl (C=O) groups is 4. The Morgan fingerprint density at radius 1 is 0.974 bits per heavy atom. The van der Waals surface area contributed by atoms with E-state index in [1.54, 1.807) is 48.5 Å². The van der Waals surface area contributed by atoms with Gasteiger partial charge in [0.1, 0.15) is 6.54 Å². The zero-order valence-electron chi connectivity index (χ0n) is 21.0. The largest absolute Gasteiger partial charge is 0.493 e. The van der Waals surface area contributed by atoms with Gasteiger partial charge < -0.3 is 20.1 Å². The van der Waals surface area contributed by atoms with Crippen LogP contribution in [0.1, 0.15) is 11.1 Å². The highest BCUT2D eigenvalue weighted by Crippen LogP contribution is 2.34. The molecular weight excluding hydrogens is 542 g/mol. The van der Waals surface area contributed by atoms with Crippen LogP contribution in [0, 0.1) is 6.92 Å². The third kappa shape index (κ3) is 7.18. The van der Waals surface area contributed by atoms with Crippen LogP contribution in [0.3, 0.4) is 0 Å². The summed E-state index contributed by atoms with van der Waals surface area (Å²) in [6.45, 7) is 1.22. The van der Waals surface area contributed by atoms with Crippen LogP contribution in [0.4, 0.5) is 16.2 Å². The summed E-state index contributed by atoms with van der Waals surface area (Å²) in [7, 11) is 1.45. The van der Waals surface area contributed by atoms with Crippen LogP contribution < -0.4 is 20.1 Å². The van der Waals surface area contributed by atoms with E-state index >= 15 is 0 Å². The second kappa shape index (κ2) is 12.5. The van der Waals surface area contributed by atoms with E-state index in [0.717, 1.165) is 22.2 Å². The fourth-order valence-corrected chi connectivity index (χ4v) is 4.66. The lowest BCUT2D eigenvalue weighted by molar-refractivity contribution is -0.127.